The van der Waals surface area contributed by atoms with Gasteiger partial charge in [-0.05, 0) is 48.7 Å². The number of hydrogen-bond donors (Lipinski definition) is 2. The van der Waals surface area contributed by atoms with Crippen LogP contribution in [-0.4, -0.2) is 21.2 Å². The second-order valence-electron chi connectivity index (χ2n) is 7.28. The van der Waals surface area contributed by atoms with Crippen molar-refractivity contribution >= 4 is 34.5 Å². The Balaban J connectivity index is 1.53. The number of para-hydroxylation sites is 1. The van der Waals surface area contributed by atoms with Crippen LogP contribution in [0.3, 0.4) is 0 Å². The summed E-state index contributed by atoms with van der Waals surface area (Å²) in [6, 6.07) is 19.7. The van der Waals surface area contributed by atoms with Gasteiger partial charge in [0.15, 0.2) is 0 Å². The largest absolute Gasteiger partial charge is 0.326 e. The van der Waals surface area contributed by atoms with Gasteiger partial charge in [0.05, 0.1) is 17.8 Å². The van der Waals surface area contributed by atoms with E-state index in [1.807, 2.05) is 47.8 Å². The number of nitrogens with one attached hydrogen (secondary N) is 2. The van der Waals surface area contributed by atoms with Crippen LogP contribution in [0.25, 0.3) is 5.69 Å². The van der Waals surface area contributed by atoms with Crippen LogP contribution in [-0.2, 0) is 18.3 Å². The molecule has 0 bridgehead atoms. The summed E-state index contributed by atoms with van der Waals surface area (Å²) in [5, 5.41) is 7.47. The summed E-state index contributed by atoms with van der Waals surface area (Å²) in [6.45, 7) is 1.78. The minimum Gasteiger partial charge on any atom is -0.326 e. The van der Waals surface area contributed by atoms with Gasteiger partial charge in [0, 0.05) is 23.2 Å². The zero-order chi connectivity index (χ0) is 22.7. The normalized spacial score (nSPS) is 10.7. The van der Waals surface area contributed by atoms with E-state index in [0.717, 1.165) is 4.88 Å². The zero-order valence-corrected chi connectivity index (χ0v) is 18.5. The minimum atomic E-state index is -0.426. The first-order valence-corrected chi connectivity index (χ1v) is 10.9. The summed E-state index contributed by atoms with van der Waals surface area (Å²) >= 11 is 1.52. The predicted molar refractivity (Wildman–Crippen MR) is 127 cm³/mol. The summed E-state index contributed by atoms with van der Waals surface area (Å²) in [4.78, 5) is 39.1. The Morgan fingerprint density at radius 2 is 1.75 bits per heavy atom. The Morgan fingerprint density at radius 1 is 0.969 bits per heavy atom. The van der Waals surface area contributed by atoms with Gasteiger partial charge >= 0.3 is 0 Å². The highest BCUT2D eigenvalue weighted by atomic mass is 32.1. The lowest BCUT2D eigenvalue weighted by molar-refractivity contribution is -0.115. The molecular weight excluding hydrogens is 424 g/mol. The molecule has 0 aliphatic carbocycles. The van der Waals surface area contributed by atoms with Crippen molar-refractivity contribution in [3.63, 3.8) is 0 Å². The molecule has 32 heavy (non-hydrogen) atoms. The third-order valence-electron chi connectivity index (χ3n) is 5.12. The highest BCUT2D eigenvalue weighted by Gasteiger charge is 2.19. The number of aromatic nitrogens is 2. The molecule has 0 saturated carbocycles. The van der Waals surface area contributed by atoms with Crippen molar-refractivity contribution < 1.29 is 9.59 Å². The van der Waals surface area contributed by atoms with E-state index in [-0.39, 0.29) is 23.6 Å². The molecule has 7 nitrogen and oxygen atoms in total. The summed E-state index contributed by atoms with van der Waals surface area (Å²) < 4.78 is 3.21. The lowest BCUT2D eigenvalue weighted by Gasteiger charge is -2.08. The van der Waals surface area contributed by atoms with Crippen LogP contribution in [0.4, 0.5) is 11.4 Å². The third kappa shape index (κ3) is 4.40. The van der Waals surface area contributed by atoms with Crippen molar-refractivity contribution in [3.05, 3.63) is 98.6 Å². The second-order valence-corrected chi connectivity index (χ2v) is 8.31. The molecule has 2 aromatic heterocycles. The van der Waals surface area contributed by atoms with E-state index in [1.165, 1.54) is 16.0 Å². The van der Waals surface area contributed by atoms with E-state index >= 15 is 0 Å². The SMILES string of the molecule is Cc1c(NC(=O)c2cccc(NC(=O)Cc3cccs3)c2)c(=O)n(-c2ccccc2)n1C. The van der Waals surface area contributed by atoms with Crippen LogP contribution in [0.5, 0.6) is 0 Å². The highest BCUT2D eigenvalue weighted by molar-refractivity contribution is 7.10. The second kappa shape index (κ2) is 9.07. The van der Waals surface area contributed by atoms with Crippen LogP contribution < -0.4 is 16.2 Å². The highest BCUT2D eigenvalue weighted by Crippen LogP contribution is 2.17. The topological polar surface area (TPSA) is 85.1 Å². The first kappa shape index (κ1) is 21.3. The van der Waals surface area contributed by atoms with Crippen molar-refractivity contribution in [3.8, 4) is 5.69 Å². The molecule has 2 N–H and O–H groups in total. The maximum absolute atomic E-state index is 13.0. The van der Waals surface area contributed by atoms with Crippen LogP contribution in [0.15, 0.2) is 76.9 Å². The fourth-order valence-corrected chi connectivity index (χ4v) is 4.12. The van der Waals surface area contributed by atoms with E-state index in [9.17, 15) is 14.4 Å². The average Bonchev–Trinajstić information content (AvgIpc) is 3.37. The van der Waals surface area contributed by atoms with Crippen molar-refractivity contribution in [1.29, 1.82) is 0 Å². The number of hydrogen-bond acceptors (Lipinski definition) is 4. The number of benzene rings is 2. The van der Waals surface area contributed by atoms with Gasteiger partial charge in [-0.25, -0.2) is 4.68 Å². The summed E-state index contributed by atoms with van der Waals surface area (Å²) in [5.41, 5.74) is 2.10. The maximum Gasteiger partial charge on any atom is 0.295 e. The average molecular weight is 447 g/mol. The zero-order valence-electron chi connectivity index (χ0n) is 17.7. The van der Waals surface area contributed by atoms with E-state index < -0.39 is 5.91 Å². The van der Waals surface area contributed by atoms with E-state index in [2.05, 4.69) is 10.6 Å². The Labute approximate surface area is 188 Å². The summed E-state index contributed by atoms with van der Waals surface area (Å²) in [7, 11) is 1.77. The first-order valence-electron chi connectivity index (χ1n) is 10.0. The lowest BCUT2D eigenvalue weighted by atomic mass is 10.1. The van der Waals surface area contributed by atoms with Crippen molar-refractivity contribution in [1.82, 2.24) is 9.36 Å². The molecule has 2 heterocycles. The van der Waals surface area contributed by atoms with Gasteiger partial charge in [0.1, 0.15) is 5.69 Å². The minimum absolute atomic E-state index is 0.158. The number of carbonyl (C=O) groups excluding carboxylic acids is 2. The van der Waals surface area contributed by atoms with Crippen molar-refractivity contribution in [2.75, 3.05) is 10.6 Å². The van der Waals surface area contributed by atoms with Gasteiger partial charge in [0.2, 0.25) is 5.91 Å². The maximum atomic E-state index is 13.0. The smallest absolute Gasteiger partial charge is 0.295 e. The molecule has 0 saturated heterocycles. The van der Waals surface area contributed by atoms with Crippen LogP contribution >= 0.6 is 11.3 Å². The quantitative estimate of drug-likeness (QED) is 0.470. The van der Waals surface area contributed by atoms with Gasteiger partial charge in [-0.15, -0.1) is 11.3 Å². The number of amides is 2. The number of thiophene rings is 1. The van der Waals surface area contributed by atoms with E-state index in [4.69, 9.17) is 0 Å². The predicted octanol–water partition coefficient (Wildman–Crippen LogP) is 3.98. The molecule has 0 radical (unpaired) electrons. The van der Waals surface area contributed by atoms with Gasteiger partial charge in [0.25, 0.3) is 11.5 Å². The van der Waals surface area contributed by atoms with Gasteiger partial charge in [-0.2, -0.15) is 0 Å². The summed E-state index contributed by atoms with van der Waals surface area (Å²) in [6.07, 6.45) is 0.274. The molecule has 4 aromatic rings. The van der Waals surface area contributed by atoms with Gasteiger partial charge < -0.3 is 10.6 Å². The van der Waals surface area contributed by atoms with Crippen molar-refractivity contribution in [2.24, 2.45) is 7.05 Å². The Morgan fingerprint density at radius 3 is 2.47 bits per heavy atom. The number of nitrogens with zero attached hydrogens (tertiary/aromatic N) is 2. The van der Waals surface area contributed by atoms with E-state index in [1.54, 1.807) is 42.9 Å². The molecule has 8 heteroatoms. The monoisotopic (exact) mass is 446 g/mol. The molecule has 0 spiro atoms. The van der Waals surface area contributed by atoms with Crippen LogP contribution in [0, 0.1) is 6.92 Å². The first-order chi connectivity index (χ1) is 15.4. The van der Waals surface area contributed by atoms with E-state index in [0.29, 0.717) is 22.6 Å². The Kier molecular flexibility index (Phi) is 6.04. The number of anilines is 2. The fraction of sp³-hybridized carbons (Fsp3) is 0.125. The molecule has 0 aliphatic rings. The molecule has 0 aliphatic heterocycles. The molecule has 4 rings (SSSR count). The molecule has 0 fully saturated rings. The molecule has 0 unspecified atom stereocenters. The molecule has 0 atom stereocenters. The standard InChI is InChI=1S/C24H22N4O3S/c1-16-22(24(31)28(27(16)2)19-10-4-3-5-11-19)26-23(30)17-8-6-9-18(14-17)25-21(29)15-20-12-7-13-32-20/h3-14H,15H2,1-2H3,(H,25,29)(H,26,30). The van der Waals surface area contributed by atoms with Crippen LogP contribution in [0.2, 0.25) is 0 Å². The van der Waals surface area contributed by atoms with Gasteiger partial charge in [-0.3, -0.25) is 19.1 Å². The lowest BCUT2D eigenvalue weighted by Crippen LogP contribution is -2.23. The van der Waals surface area contributed by atoms with Crippen molar-refractivity contribution in [2.45, 2.75) is 13.3 Å². The molecule has 162 valence electrons. The van der Waals surface area contributed by atoms with Gasteiger partial charge in [-0.1, -0.05) is 30.3 Å². The Hall–Kier alpha value is -3.91. The Bertz CT molecular complexity index is 1320. The fourth-order valence-electron chi connectivity index (χ4n) is 3.41. The molecular formula is C24H22N4O3S. The number of carbonyl (C=O) groups is 2. The summed E-state index contributed by atoms with van der Waals surface area (Å²) in [5.74, 6) is -0.583. The third-order valence-corrected chi connectivity index (χ3v) is 5.99. The molecule has 2 amide bonds. The molecule has 2 aromatic carbocycles. The van der Waals surface area contributed by atoms with Crippen LogP contribution in [0.1, 0.15) is 20.9 Å². The number of rotatable bonds is 6.